The van der Waals surface area contributed by atoms with E-state index in [0.29, 0.717) is 5.92 Å². The minimum absolute atomic E-state index is 0.0950. The van der Waals surface area contributed by atoms with E-state index in [2.05, 4.69) is 11.0 Å². The Labute approximate surface area is 124 Å². The Morgan fingerprint density at radius 3 is 2.80 bits per heavy atom. The van der Waals surface area contributed by atoms with Gasteiger partial charge in [0.25, 0.3) is 0 Å². The van der Waals surface area contributed by atoms with Crippen LogP contribution in [-0.2, 0) is 11.3 Å². The van der Waals surface area contributed by atoms with E-state index < -0.39 is 5.97 Å². The molecule has 0 spiro atoms. The third kappa shape index (κ3) is 4.24. The van der Waals surface area contributed by atoms with Crippen LogP contribution in [0.1, 0.15) is 37.3 Å². The SMILES string of the molecule is CN(C)CCn1nc(C2CCCC2)cc1SCC(=O)O. The maximum atomic E-state index is 10.8. The number of aromatic nitrogens is 2. The number of nitrogens with zero attached hydrogens (tertiary/aromatic N) is 3. The van der Waals surface area contributed by atoms with Crippen molar-refractivity contribution in [1.82, 2.24) is 14.7 Å². The van der Waals surface area contributed by atoms with E-state index in [-0.39, 0.29) is 5.75 Å². The molecular formula is C14H23N3O2S. The molecule has 0 aromatic carbocycles. The number of thioether (sulfide) groups is 1. The van der Waals surface area contributed by atoms with Crippen molar-refractivity contribution in [3.63, 3.8) is 0 Å². The largest absolute Gasteiger partial charge is 0.481 e. The van der Waals surface area contributed by atoms with Crippen molar-refractivity contribution in [2.24, 2.45) is 0 Å². The normalized spacial score (nSPS) is 16.1. The highest BCUT2D eigenvalue weighted by Crippen LogP contribution is 2.35. The molecule has 0 bridgehead atoms. The fourth-order valence-corrected chi connectivity index (χ4v) is 3.30. The Morgan fingerprint density at radius 1 is 1.50 bits per heavy atom. The monoisotopic (exact) mass is 297 g/mol. The van der Waals surface area contributed by atoms with Crippen molar-refractivity contribution >= 4 is 17.7 Å². The molecule has 1 aromatic heterocycles. The summed E-state index contributed by atoms with van der Waals surface area (Å²) in [5, 5.41) is 14.5. The first kappa shape index (κ1) is 15.4. The lowest BCUT2D eigenvalue weighted by Gasteiger charge is -2.11. The number of hydrogen-bond acceptors (Lipinski definition) is 4. The van der Waals surface area contributed by atoms with Gasteiger partial charge in [-0.1, -0.05) is 24.6 Å². The number of hydrogen-bond donors (Lipinski definition) is 1. The summed E-state index contributed by atoms with van der Waals surface area (Å²) in [4.78, 5) is 12.9. The molecule has 0 unspecified atom stereocenters. The molecular weight excluding hydrogens is 274 g/mol. The maximum Gasteiger partial charge on any atom is 0.313 e. The number of carboxylic acid groups (broad SMARTS) is 1. The van der Waals surface area contributed by atoms with Crippen LogP contribution in [0, 0.1) is 0 Å². The molecule has 0 saturated heterocycles. The summed E-state index contributed by atoms with van der Waals surface area (Å²) in [6.45, 7) is 1.72. The van der Waals surface area contributed by atoms with Gasteiger partial charge in [0.15, 0.2) is 0 Å². The van der Waals surface area contributed by atoms with Gasteiger partial charge in [0.05, 0.1) is 23.0 Å². The highest BCUT2D eigenvalue weighted by Gasteiger charge is 2.21. The highest BCUT2D eigenvalue weighted by atomic mass is 32.2. The average molecular weight is 297 g/mol. The highest BCUT2D eigenvalue weighted by molar-refractivity contribution is 7.99. The number of carboxylic acids is 1. The van der Waals surface area contributed by atoms with Crippen LogP contribution >= 0.6 is 11.8 Å². The van der Waals surface area contributed by atoms with Gasteiger partial charge in [-0.3, -0.25) is 9.48 Å². The van der Waals surface area contributed by atoms with E-state index in [9.17, 15) is 4.79 Å². The van der Waals surface area contributed by atoms with Crippen LogP contribution in [0.15, 0.2) is 11.1 Å². The molecule has 1 aliphatic rings. The van der Waals surface area contributed by atoms with Crippen molar-refractivity contribution < 1.29 is 9.90 Å². The fraction of sp³-hybridized carbons (Fsp3) is 0.714. The van der Waals surface area contributed by atoms with Crippen LogP contribution in [-0.4, -0.2) is 52.1 Å². The second-order valence-corrected chi connectivity index (χ2v) is 6.59. The zero-order valence-electron chi connectivity index (χ0n) is 12.2. The molecule has 2 rings (SSSR count). The molecule has 112 valence electrons. The van der Waals surface area contributed by atoms with E-state index >= 15 is 0 Å². The quantitative estimate of drug-likeness (QED) is 0.782. The number of likely N-dealkylation sites (N-methyl/N-ethyl adjacent to an activating group) is 1. The molecule has 0 atom stereocenters. The van der Waals surface area contributed by atoms with E-state index in [4.69, 9.17) is 10.2 Å². The lowest BCUT2D eigenvalue weighted by molar-refractivity contribution is -0.133. The smallest absolute Gasteiger partial charge is 0.313 e. The molecule has 1 fully saturated rings. The lowest BCUT2D eigenvalue weighted by Crippen LogP contribution is -2.19. The molecule has 1 aliphatic carbocycles. The van der Waals surface area contributed by atoms with Gasteiger partial charge in [0.1, 0.15) is 0 Å². The molecule has 20 heavy (non-hydrogen) atoms. The average Bonchev–Trinajstić information content (AvgIpc) is 3.02. The molecule has 6 heteroatoms. The molecule has 0 radical (unpaired) electrons. The summed E-state index contributed by atoms with van der Waals surface area (Å²) < 4.78 is 1.97. The van der Waals surface area contributed by atoms with Crippen LogP contribution in [0.3, 0.4) is 0 Å². The van der Waals surface area contributed by atoms with Crippen LogP contribution in [0.2, 0.25) is 0 Å². The molecule has 0 aliphatic heterocycles. The van der Waals surface area contributed by atoms with E-state index in [0.717, 1.165) is 23.8 Å². The first-order valence-electron chi connectivity index (χ1n) is 7.13. The summed E-state index contributed by atoms with van der Waals surface area (Å²) in [6.07, 6.45) is 5.00. The molecule has 1 N–H and O–H groups in total. The van der Waals surface area contributed by atoms with Gasteiger partial charge in [-0.15, -0.1) is 0 Å². The fourth-order valence-electron chi connectivity index (χ4n) is 2.55. The summed E-state index contributed by atoms with van der Waals surface area (Å²) in [5.74, 6) is -0.116. The molecule has 1 aromatic rings. The van der Waals surface area contributed by atoms with Gasteiger partial charge >= 0.3 is 5.97 Å². The van der Waals surface area contributed by atoms with Crippen molar-refractivity contribution in [3.8, 4) is 0 Å². The Hall–Kier alpha value is -1.01. The van der Waals surface area contributed by atoms with Gasteiger partial charge in [-0.25, -0.2) is 0 Å². The van der Waals surface area contributed by atoms with Crippen LogP contribution < -0.4 is 0 Å². The molecule has 5 nitrogen and oxygen atoms in total. The number of aliphatic carboxylic acids is 1. The van der Waals surface area contributed by atoms with Gasteiger partial charge < -0.3 is 10.0 Å². The van der Waals surface area contributed by atoms with Crippen LogP contribution in [0.5, 0.6) is 0 Å². The first-order valence-corrected chi connectivity index (χ1v) is 8.12. The lowest BCUT2D eigenvalue weighted by atomic mass is 10.1. The maximum absolute atomic E-state index is 10.8. The Kier molecular flexibility index (Phi) is 5.48. The Bertz CT molecular complexity index is 453. The standard InChI is InChI=1S/C14H23N3O2S/c1-16(2)7-8-17-13(20-10-14(18)19)9-12(15-17)11-5-3-4-6-11/h9,11H,3-8,10H2,1-2H3,(H,18,19). The predicted octanol–water partition coefficient (Wildman–Crippen LogP) is 2.28. The van der Waals surface area contributed by atoms with Crippen molar-refractivity contribution in [1.29, 1.82) is 0 Å². The van der Waals surface area contributed by atoms with Gasteiger partial charge in [0.2, 0.25) is 0 Å². The van der Waals surface area contributed by atoms with Gasteiger partial charge in [-0.05, 0) is 33.0 Å². The minimum Gasteiger partial charge on any atom is -0.481 e. The van der Waals surface area contributed by atoms with Crippen molar-refractivity contribution in [2.75, 3.05) is 26.4 Å². The topological polar surface area (TPSA) is 58.4 Å². The Morgan fingerprint density at radius 2 is 2.20 bits per heavy atom. The van der Waals surface area contributed by atoms with Crippen LogP contribution in [0.4, 0.5) is 0 Å². The summed E-state index contributed by atoms with van der Waals surface area (Å²) in [5.41, 5.74) is 1.15. The molecule has 1 saturated carbocycles. The molecule has 0 amide bonds. The van der Waals surface area contributed by atoms with Gasteiger partial charge in [0, 0.05) is 12.5 Å². The third-order valence-electron chi connectivity index (χ3n) is 3.64. The summed E-state index contributed by atoms with van der Waals surface area (Å²) in [7, 11) is 4.07. The van der Waals surface area contributed by atoms with E-state index in [1.165, 1.54) is 37.4 Å². The second-order valence-electron chi connectivity index (χ2n) is 5.60. The zero-order chi connectivity index (χ0) is 14.5. The minimum atomic E-state index is -0.780. The van der Waals surface area contributed by atoms with Crippen molar-refractivity contribution in [2.45, 2.75) is 43.2 Å². The summed E-state index contributed by atoms with van der Waals surface area (Å²) in [6, 6.07) is 2.10. The number of carbonyl (C=O) groups is 1. The van der Waals surface area contributed by atoms with E-state index in [1.807, 2.05) is 18.8 Å². The van der Waals surface area contributed by atoms with Crippen LogP contribution in [0.25, 0.3) is 0 Å². The van der Waals surface area contributed by atoms with Crippen molar-refractivity contribution in [3.05, 3.63) is 11.8 Å². The molecule has 1 heterocycles. The van der Waals surface area contributed by atoms with E-state index in [1.54, 1.807) is 0 Å². The second kappa shape index (κ2) is 7.13. The van der Waals surface area contributed by atoms with Gasteiger partial charge in [-0.2, -0.15) is 5.10 Å². The summed E-state index contributed by atoms with van der Waals surface area (Å²) >= 11 is 1.37. The number of rotatable bonds is 7. The first-order chi connectivity index (χ1) is 9.56. The predicted molar refractivity (Wildman–Crippen MR) is 80.3 cm³/mol. The Balaban J connectivity index is 2.10. The third-order valence-corrected chi connectivity index (χ3v) is 4.65. The zero-order valence-corrected chi connectivity index (χ0v) is 13.0.